The average Bonchev–Trinajstić information content (AvgIpc) is 2.51. The van der Waals surface area contributed by atoms with Gasteiger partial charge in [0, 0.05) is 0 Å². The molecule has 0 aliphatic rings. The Morgan fingerprint density at radius 2 is 1.76 bits per heavy atom. The molecule has 0 spiro atoms. The third kappa shape index (κ3) is 6.66. The van der Waals surface area contributed by atoms with E-state index in [9.17, 15) is 4.79 Å². The predicted molar refractivity (Wildman–Crippen MR) is 88.3 cm³/mol. The Kier molecular flexibility index (Phi) is 12.8. The number of fused-ring (bicyclic) bond motifs is 1. The number of aromatic amines is 1. The van der Waals surface area contributed by atoms with Crippen LogP contribution in [-0.4, -0.2) is 15.0 Å². The number of nitriles is 1. The molecule has 21 heavy (non-hydrogen) atoms. The summed E-state index contributed by atoms with van der Waals surface area (Å²) in [5.41, 5.74) is 1.06. The minimum atomic E-state index is -0.232. The molecule has 0 saturated carbocycles. The van der Waals surface area contributed by atoms with Crippen LogP contribution < -0.4 is 5.56 Å². The lowest BCUT2D eigenvalue weighted by Crippen LogP contribution is -2.09. The molecule has 0 aliphatic heterocycles. The van der Waals surface area contributed by atoms with Crippen molar-refractivity contribution < 1.29 is 0 Å². The number of H-pyrrole nitrogens is 1. The summed E-state index contributed by atoms with van der Waals surface area (Å²) >= 11 is 0. The molecule has 5 nitrogen and oxygen atoms in total. The Labute approximate surface area is 127 Å². The van der Waals surface area contributed by atoms with E-state index in [0.717, 1.165) is 0 Å². The van der Waals surface area contributed by atoms with Gasteiger partial charge < -0.3 is 4.98 Å². The highest BCUT2D eigenvalue weighted by atomic mass is 16.1. The zero-order valence-corrected chi connectivity index (χ0v) is 14.1. The van der Waals surface area contributed by atoms with Gasteiger partial charge in [0.2, 0.25) is 0 Å². The summed E-state index contributed by atoms with van der Waals surface area (Å²) < 4.78 is 0. The summed E-state index contributed by atoms with van der Waals surface area (Å²) in [6, 6.07) is 3.48. The maximum Gasteiger partial charge on any atom is 0.260 e. The largest absolute Gasteiger partial charge is 0.312 e. The second-order valence-electron chi connectivity index (χ2n) is 3.57. The SMILES string of the molecule is CC.CC.CCC.Cc1cc(C#N)nc2nc[nH]c(=O)c12. The first-order valence-corrected chi connectivity index (χ1v) is 7.39. The topological polar surface area (TPSA) is 82.4 Å². The minimum Gasteiger partial charge on any atom is -0.312 e. The lowest BCUT2D eigenvalue weighted by atomic mass is 10.2. The zero-order valence-electron chi connectivity index (χ0n) is 14.1. The summed E-state index contributed by atoms with van der Waals surface area (Å²) in [5, 5.41) is 9.10. The molecule has 0 atom stereocenters. The fraction of sp³-hybridized carbons (Fsp3) is 0.500. The van der Waals surface area contributed by atoms with E-state index < -0.39 is 0 Å². The summed E-state index contributed by atoms with van der Waals surface area (Å²) in [5.74, 6) is 0. The zero-order chi connectivity index (χ0) is 16.8. The molecule has 1 N–H and O–H groups in total. The first-order valence-electron chi connectivity index (χ1n) is 7.39. The molecular formula is C16H26N4O. The highest BCUT2D eigenvalue weighted by Gasteiger charge is 2.06. The molecule has 0 radical (unpaired) electrons. The highest BCUT2D eigenvalue weighted by molar-refractivity contribution is 5.77. The van der Waals surface area contributed by atoms with E-state index >= 15 is 0 Å². The smallest absolute Gasteiger partial charge is 0.260 e. The quantitative estimate of drug-likeness (QED) is 0.796. The van der Waals surface area contributed by atoms with Gasteiger partial charge in [0.05, 0.1) is 11.7 Å². The summed E-state index contributed by atoms with van der Waals surface area (Å²) in [4.78, 5) is 21.7. The van der Waals surface area contributed by atoms with Crippen LogP contribution in [0.25, 0.3) is 11.0 Å². The molecule has 0 amide bonds. The van der Waals surface area contributed by atoms with Crippen molar-refractivity contribution in [1.82, 2.24) is 15.0 Å². The van der Waals surface area contributed by atoms with Crippen LogP contribution in [-0.2, 0) is 0 Å². The lowest BCUT2D eigenvalue weighted by molar-refractivity contribution is 1.09. The molecule has 0 aromatic carbocycles. The number of hydrogen-bond acceptors (Lipinski definition) is 4. The Balaban J connectivity index is 0. The number of aryl methyl sites for hydroxylation is 1. The molecule has 116 valence electrons. The van der Waals surface area contributed by atoms with Crippen LogP contribution >= 0.6 is 0 Å². The molecular weight excluding hydrogens is 264 g/mol. The van der Waals surface area contributed by atoms with E-state index in [1.807, 2.05) is 33.8 Å². The molecule has 0 fully saturated rings. The van der Waals surface area contributed by atoms with Crippen molar-refractivity contribution in [3.05, 3.63) is 34.0 Å². The normalized spacial score (nSPS) is 8.10. The standard InChI is InChI=1S/C9H6N4O.C3H8.2C2H6/c1-5-2-6(3-10)13-8-7(5)9(14)12-4-11-8;1-3-2;2*1-2/h2,4H,1H3,(H,11,12,13,14);3H2,1-2H3;2*1-2H3. The fourth-order valence-electron chi connectivity index (χ4n) is 1.31. The number of rotatable bonds is 0. The predicted octanol–water partition coefficient (Wildman–Crippen LogP) is 3.97. The van der Waals surface area contributed by atoms with Crippen molar-refractivity contribution in [1.29, 1.82) is 5.26 Å². The number of nitrogens with one attached hydrogen (secondary N) is 1. The number of aromatic nitrogens is 3. The Bertz CT molecular complexity index is 612. The van der Waals surface area contributed by atoms with Crippen molar-refractivity contribution in [2.45, 2.75) is 54.9 Å². The van der Waals surface area contributed by atoms with E-state index in [0.29, 0.717) is 16.6 Å². The van der Waals surface area contributed by atoms with Crippen LogP contribution in [0.1, 0.15) is 59.2 Å². The van der Waals surface area contributed by atoms with E-state index in [-0.39, 0.29) is 11.3 Å². The minimum absolute atomic E-state index is 0.232. The fourth-order valence-corrected chi connectivity index (χ4v) is 1.31. The highest BCUT2D eigenvalue weighted by Crippen LogP contribution is 2.10. The lowest BCUT2D eigenvalue weighted by Gasteiger charge is -1.98. The average molecular weight is 290 g/mol. The Hall–Kier alpha value is -2.22. The van der Waals surface area contributed by atoms with E-state index in [1.165, 1.54) is 12.7 Å². The van der Waals surface area contributed by atoms with Crippen LogP contribution in [0, 0.1) is 18.3 Å². The first-order chi connectivity index (χ1) is 10.1. The second-order valence-corrected chi connectivity index (χ2v) is 3.57. The molecule has 0 unspecified atom stereocenters. The van der Waals surface area contributed by atoms with Gasteiger partial charge in [-0.2, -0.15) is 5.26 Å². The third-order valence-electron chi connectivity index (χ3n) is 1.92. The number of nitrogens with zero attached hydrogens (tertiary/aromatic N) is 3. The van der Waals surface area contributed by atoms with Gasteiger partial charge in [-0.15, -0.1) is 0 Å². The van der Waals surface area contributed by atoms with Gasteiger partial charge in [-0.25, -0.2) is 9.97 Å². The van der Waals surface area contributed by atoms with Crippen LogP contribution in [0.5, 0.6) is 0 Å². The molecule has 2 aromatic rings. The van der Waals surface area contributed by atoms with Crippen molar-refractivity contribution >= 4 is 11.0 Å². The van der Waals surface area contributed by atoms with Crippen molar-refractivity contribution in [2.75, 3.05) is 0 Å². The van der Waals surface area contributed by atoms with Gasteiger partial charge in [0.25, 0.3) is 5.56 Å². The van der Waals surface area contributed by atoms with Gasteiger partial charge in [-0.05, 0) is 18.6 Å². The Morgan fingerprint density at radius 1 is 1.24 bits per heavy atom. The summed E-state index contributed by atoms with van der Waals surface area (Å²) in [7, 11) is 0. The van der Waals surface area contributed by atoms with Crippen LogP contribution in [0.4, 0.5) is 0 Å². The van der Waals surface area contributed by atoms with E-state index in [1.54, 1.807) is 13.0 Å². The third-order valence-corrected chi connectivity index (χ3v) is 1.92. The van der Waals surface area contributed by atoms with Gasteiger partial charge in [-0.3, -0.25) is 4.79 Å². The van der Waals surface area contributed by atoms with Crippen LogP contribution in [0.15, 0.2) is 17.2 Å². The van der Waals surface area contributed by atoms with Gasteiger partial charge in [0.1, 0.15) is 11.8 Å². The van der Waals surface area contributed by atoms with Gasteiger partial charge >= 0.3 is 0 Å². The molecule has 5 heteroatoms. The van der Waals surface area contributed by atoms with Gasteiger partial charge in [-0.1, -0.05) is 48.0 Å². The second kappa shape index (κ2) is 12.8. The monoisotopic (exact) mass is 290 g/mol. The van der Waals surface area contributed by atoms with Crippen LogP contribution in [0.2, 0.25) is 0 Å². The van der Waals surface area contributed by atoms with E-state index in [2.05, 4.69) is 28.8 Å². The molecule has 0 saturated heterocycles. The number of pyridine rings is 1. The Morgan fingerprint density at radius 3 is 2.24 bits per heavy atom. The molecule has 2 rings (SSSR count). The first kappa shape index (κ1) is 21.1. The summed E-state index contributed by atoms with van der Waals surface area (Å²) in [6.45, 7) is 14.0. The van der Waals surface area contributed by atoms with Crippen molar-refractivity contribution in [3.63, 3.8) is 0 Å². The molecule has 2 aromatic heterocycles. The van der Waals surface area contributed by atoms with E-state index in [4.69, 9.17) is 5.26 Å². The molecule has 0 aliphatic carbocycles. The van der Waals surface area contributed by atoms with Crippen molar-refractivity contribution in [2.24, 2.45) is 0 Å². The summed E-state index contributed by atoms with van der Waals surface area (Å²) in [6.07, 6.45) is 2.53. The van der Waals surface area contributed by atoms with Crippen LogP contribution in [0.3, 0.4) is 0 Å². The molecule has 0 bridgehead atoms. The maximum absolute atomic E-state index is 11.4. The maximum atomic E-state index is 11.4. The van der Waals surface area contributed by atoms with Gasteiger partial charge in [0.15, 0.2) is 5.65 Å². The molecule has 2 heterocycles. The number of hydrogen-bond donors (Lipinski definition) is 1. The van der Waals surface area contributed by atoms with Crippen molar-refractivity contribution in [3.8, 4) is 6.07 Å².